The summed E-state index contributed by atoms with van der Waals surface area (Å²) in [6.45, 7) is 12.1. The maximum absolute atomic E-state index is 13.0. The minimum Gasteiger partial charge on any atom is -0.458 e. The molecule has 2 heterocycles. The maximum atomic E-state index is 13.0. The minimum atomic E-state index is -1.15. The van der Waals surface area contributed by atoms with Crippen LogP contribution in [-0.4, -0.2) is 52.0 Å². The van der Waals surface area contributed by atoms with Crippen LogP contribution in [0.1, 0.15) is 116 Å². The Morgan fingerprint density at radius 2 is 1.79 bits per heavy atom. The second kappa shape index (κ2) is 9.75. The highest BCUT2D eigenvalue weighted by molar-refractivity contribution is 5.89. The van der Waals surface area contributed by atoms with Crippen molar-refractivity contribution < 1.29 is 28.9 Å². The molecule has 1 aromatic heterocycles. The van der Waals surface area contributed by atoms with E-state index < -0.39 is 11.7 Å². The van der Waals surface area contributed by atoms with Gasteiger partial charge in [-0.25, -0.2) is 4.79 Å². The molecule has 1 N–H and O–H groups in total. The number of hydrogen-bond donors (Lipinski definition) is 1. The van der Waals surface area contributed by atoms with Crippen molar-refractivity contribution in [3.8, 4) is 0 Å². The van der Waals surface area contributed by atoms with E-state index in [1.165, 1.54) is 39.0 Å². The third-order valence-electron chi connectivity index (χ3n) is 14.0. The summed E-state index contributed by atoms with van der Waals surface area (Å²) in [6, 6.07) is 3.58. The lowest BCUT2D eigenvalue weighted by Gasteiger charge is -2.59. The second-order valence-corrected chi connectivity index (χ2v) is 16.6. The molecule has 0 radical (unpaired) electrons. The number of carbonyl (C=O) groups excluding carboxylic acids is 2. The van der Waals surface area contributed by atoms with E-state index in [1.807, 2.05) is 0 Å². The van der Waals surface area contributed by atoms with Gasteiger partial charge in [0.25, 0.3) is 0 Å². The summed E-state index contributed by atoms with van der Waals surface area (Å²) < 4.78 is 18.7. The molecular formula is C36H51NO6. The van der Waals surface area contributed by atoms with Gasteiger partial charge in [-0.2, -0.15) is 0 Å². The zero-order valence-corrected chi connectivity index (χ0v) is 26.9. The molecule has 5 aliphatic carbocycles. The van der Waals surface area contributed by atoms with Crippen LogP contribution in [0.5, 0.6) is 0 Å². The highest BCUT2D eigenvalue weighted by atomic mass is 16.6. The summed E-state index contributed by atoms with van der Waals surface area (Å²) in [7, 11) is 0. The lowest BCUT2D eigenvalue weighted by Crippen LogP contribution is -2.55. The normalized spacial score (nSPS) is 44.9. The predicted molar refractivity (Wildman–Crippen MR) is 161 cm³/mol. The van der Waals surface area contributed by atoms with E-state index in [0.717, 1.165) is 38.0 Å². The van der Waals surface area contributed by atoms with Gasteiger partial charge in [-0.05, 0) is 130 Å². The number of fused-ring (bicyclic) bond motifs is 4. The number of hydrogen-bond acceptors (Lipinski definition) is 7. The predicted octanol–water partition coefficient (Wildman–Crippen LogP) is 6.52. The maximum Gasteiger partial charge on any atom is 0.339 e. The van der Waals surface area contributed by atoms with Crippen molar-refractivity contribution in [2.45, 2.75) is 136 Å². The zero-order valence-electron chi connectivity index (χ0n) is 26.9. The molecule has 1 aliphatic heterocycles. The van der Waals surface area contributed by atoms with Crippen molar-refractivity contribution in [3.05, 3.63) is 30.1 Å². The third kappa shape index (κ3) is 4.30. The summed E-state index contributed by atoms with van der Waals surface area (Å²) in [5, 5.41) is 10.9. The van der Waals surface area contributed by atoms with Crippen LogP contribution in [0.4, 0.5) is 0 Å². The fourth-order valence-corrected chi connectivity index (χ4v) is 12.2. The minimum absolute atomic E-state index is 0.0614. The van der Waals surface area contributed by atoms with E-state index in [4.69, 9.17) is 14.2 Å². The van der Waals surface area contributed by atoms with Gasteiger partial charge in [0.1, 0.15) is 6.10 Å². The van der Waals surface area contributed by atoms with E-state index >= 15 is 0 Å². The van der Waals surface area contributed by atoms with Crippen molar-refractivity contribution in [2.24, 2.45) is 45.3 Å². The Labute approximate surface area is 256 Å². The number of aliphatic hydroxyl groups is 1. The second-order valence-electron chi connectivity index (χ2n) is 16.6. The number of aromatic nitrogens is 1. The molecule has 7 heteroatoms. The quantitative estimate of drug-likeness (QED) is 0.389. The van der Waals surface area contributed by atoms with E-state index in [0.29, 0.717) is 34.1 Å². The Morgan fingerprint density at radius 1 is 1.02 bits per heavy atom. The van der Waals surface area contributed by atoms with Gasteiger partial charge >= 0.3 is 11.9 Å². The molecule has 2 spiro atoms. The molecule has 6 unspecified atom stereocenters. The SMILES string of the molecule is CC(=O)O[C@@H](C1CC[C@H]2C(CC3C4CC[C@H]5C(C)(C)[C@@H](OC(=O)c6cccnc6)CCC56C[C@@]46CCC32C)O1)C(C)(C)O. The Kier molecular flexibility index (Phi) is 6.74. The van der Waals surface area contributed by atoms with Gasteiger partial charge in [0.2, 0.25) is 0 Å². The van der Waals surface area contributed by atoms with Crippen molar-refractivity contribution >= 4 is 11.9 Å². The molecule has 11 atom stereocenters. The van der Waals surface area contributed by atoms with Crippen molar-refractivity contribution in [3.63, 3.8) is 0 Å². The van der Waals surface area contributed by atoms with Gasteiger partial charge in [0.05, 0.1) is 23.4 Å². The molecule has 6 aliphatic rings. The number of nitrogens with zero attached hydrogens (tertiary/aromatic N) is 1. The highest BCUT2D eigenvalue weighted by Crippen LogP contribution is 2.87. The lowest BCUT2D eigenvalue weighted by molar-refractivity contribution is -0.200. The molecule has 7 nitrogen and oxygen atoms in total. The van der Waals surface area contributed by atoms with E-state index in [2.05, 4.69) is 25.8 Å². The number of pyridine rings is 1. The summed E-state index contributed by atoms with van der Waals surface area (Å²) in [5.41, 5.74) is 0.380. The molecule has 0 aromatic carbocycles. The van der Waals surface area contributed by atoms with Crippen LogP contribution in [-0.2, 0) is 19.0 Å². The molecule has 6 fully saturated rings. The zero-order chi connectivity index (χ0) is 30.6. The van der Waals surface area contributed by atoms with Crippen molar-refractivity contribution in [1.29, 1.82) is 0 Å². The molecule has 1 saturated heterocycles. The average molecular weight is 594 g/mol. The van der Waals surface area contributed by atoms with Gasteiger partial charge < -0.3 is 19.3 Å². The standard InChI is InChI=1S/C36H51NO6/c1-21(38)41-30(33(4,5)40)26-11-9-24-27(42-26)18-25-23-10-12-28-32(2,3)29(43-31(39)22-8-7-17-37-19-22)13-14-36(28)20-35(23,36)16-15-34(24,25)6/h7-8,17,19,23-30,40H,9-16,18,20H2,1-6H3/t23?,24-,25?,26?,27?,28-,29-,30-,34?,35-,36?/m0/s1. The van der Waals surface area contributed by atoms with Crippen LogP contribution in [0.15, 0.2) is 24.5 Å². The monoisotopic (exact) mass is 593 g/mol. The van der Waals surface area contributed by atoms with E-state index in [9.17, 15) is 14.7 Å². The Balaban J connectivity index is 1.09. The number of rotatable bonds is 5. The Bertz CT molecular complexity index is 1270. The van der Waals surface area contributed by atoms with Crippen LogP contribution in [0.2, 0.25) is 0 Å². The van der Waals surface area contributed by atoms with E-state index in [-0.39, 0.29) is 41.1 Å². The smallest absolute Gasteiger partial charge is 0.339 e. The summed E-state index contributed by atoms with van der Waals surface area (Å²) in [6.07, 6.45) is 13.9. The highest BCUT2D eigenvalue weighted by Gasteiger charge is 2.81. The number of esters is 2. The molecule has 236 valence electrons. The van der Waals surface area contributed by atoms with Gasteiger partial charge in [0.15, 0.2) is 6.10 Å². The first-order chi connectivity index (χ1) is 20.2. The van der Waals surface area contributed by atoms with Gasteiger partial charge in [0, 0.05) is 24.7 Å². The summed E-state index contributed by atoms with van der Waals surface area (Å²) in [5.74, 6) is 1.85. The lowest BCUT2D eigenvalue weighted by atomic mass is 9.46. The van der Waals surface area contributed by atoms with Crippen molar-refractivity contribution in [1.82, 2.24) is 4.98 Å². The Hall–Kier alpha value is -1.99. The first kappa shape index (κ1) is 29.7. The van der Waals surface area contributed by atoms with Crippen LogP contribution in [0.25, 0.3) is 0 Å². The third-order valence-corrected chi connectivity index (χ3v) is 14.0. The van der Waals surface area contributed by atoms with Crippen molar-refractivity contribution in [2.75, 3.05) is 0 Å². The molecule has 7 rings (SSSR count). The fraction of sp³-hybridized carbons (Fsp3) is 0.806. The topological polar surface area (TPSA) is 95.0 Å². The van der Waals surface area contributed by atoms with Gasteiger partial charge in [-0.15, -0.1) is 0 Å². The van der Waals surface area contributed by atoms with Gasteiger partial charge in [-0.1, -0.05) is 20.8 Å². The van der Waals surface area contributed by atoms with Crippen LogP contribution < -0.4 is 0 Å². The fourth-order valence-electron chi connectivity index (χ4n) is 12.2. The Morgan fingerprint density at radius 3 is 2.49 bits per heavy atom. The average Bonchev–Trinajstić information content (AvgIpc) is 3.53. The summed E-state index contributed by atoms with van der Waals surface area (Å²) >= 11 is 0. The largest absolute Gasteiger partial charge is 0.458 e. The van der Waals surface area contributed by atoms with Gasteiger partial charge in [-0.3, -0.25) is 9.78 Å². The molecular weight excluding hydrogens is 542 g/mol. The van der Waals surface area contributed by atoms with E-state index in [1.54, 1.807) is 38.4 Å². The molecule has 0 bridgehead atoms. The first-order valence-corrected chi connectivity index (χ1v) is 16.9. The molecule has 5 saturated carbocycles. The van der Waals surface area contributed by atoms with Crippen LogP contribution in [0, 0.1) is 45.3 Å². The first-order valence-electron chi connectivity index (χ1n) is 16.9. The molecule has 43 heavy (non-hydrogen) atoms. The number of ether oxygens (including phenoxy) is 3. The molecule has 1 aromatic rings. The van der Waals surface area contributed by atoms with Crippen LogP contribution >= 0.6 is 0 Å². The number of carbonyl (C=O) groups is 2. The molecule has 0 amide bonds. The van der Waals surface area contributed by atoms with Crippen LogP contribution in [0.3, 0.4) is 0 Å². The summed E-state index contributed by atoms with van der Waals surface area (Å²) in [4.78, 5) is 29.0.